The Balaban J connectivity index is 3.19. The van der Waals surface area contributed by atoms with Crippen molar-refractivity contribution in [1.29, 1.82) is 5.41 Å². The second-order valence-electron chi connectivity index (χ2n) is 2.69. The van der Waals surface area contributed by atoms with Crippen LogP contribution in [-0.4, -0.2) is 12.4 Å². The van der Waals surface area contributed by atoms with Crippen LogP contribution in [0, 0.1) is 5.41 Å². The first kappa shape index (κ1) is 10.8. The van der Waals surface area contributed by atoms with Crippen molar-refractivity contribution < 1.29 is 0 Å². The van der Waals surface area contributed by atoms with Crippen molar-refractivity contribution in [3.05, 3.63) is 11.4 Å². The standard InChI is InChI=1S/C9H18NP/c1-3-4-5-6-11-8-9(2)7-10/h7-8,10-11H,3-6H2,1-2H3/b9-8-,10-7?. The van der Waals surface area contributed by atoms with Gasteiger partial charge < -0.3 is 5.41 Å². The van der Waals surface area contributed by atoms with Crippen LogP contribution >= 0.6 is 8.58 Å². The first-order chi connectivity index (χ1) is 5.31. The van der Waals surface area contributed by atoms with E-state index in [1.165, 1.54) is 31.6 Å². The predicted octanol–water partition coefficient (Wildman–Crippen LogP) is 3.41. The van der Waals surface area contributed by atoms with Gasteiger partial charge in [0.1, 0.15) is 0 Å². The minimum Gasteiger partial charge on any atom is -0.308 e. The highest BCUT2D eigenvalue weighted by atomic mass is 31.1. The highest BCUT2D eigenvalue weighted by Crippen LogP contribution is 2.16. The molecule has 0 heterocycles. The summed E-state index contributed by atoms with van der Waals surface area (Å²) in [5.74, 6) is 2.17. The second kappa shape index (κ2) is 7.94. The monoisotopic (exact) mass is 171 g/mol. The van der Waals surface area contributed by atoms with Gasteiger partial charge in [-0.05, 0) is 25.1 Å². The zero-order valence-electron chi connectivity index (χ0n) is 7.48. The molecule has 0 aliphatic rings. The van der Waals surface area contributed by atoms with E-state index in [0.29, 0.717) is 0 Å². The Morgan fingerprint density at radius 1 is 1.45 bits per heavy atom. The fourth-order valence-electron chi connectivity index (χ4n) is 0.752. The van der Waals surface area contributed by atoms with Gasteiger partial charge >= 0.3 is 0 Å². The van der Waals surface area contributed by atoms with Crippen LogP contribution in [0.1, 0.15) is 33.1 Å². The molecule has 1 atom stereocenters. The molecule has 0 aliphatic heterocycles. The van der Waals surface area contributed by atoms with Crippen molar-refractivity contribution in [3.8, 4) is 0 Å². The van der Waals surface area contributed by atoms with Gasteiger partial charge in [-0.2, -0.15) is 0 Å². The number of allylic oxidation sites excluding steroid dienone is 1. The van der Waals surface area contributed by atoms with Crippen LogP contribution in [0.3, 0.4) is 0 Å². The minimum atomic E-state index is 0.916. The lowest BCUT2D eigenvalue weighted by atomic mass is 10.3. The van der Waals surface area contributed by atoms with Crippen molar-refractivity contribution in [3.63, 3.8) is 0 Å². The predicted molar refractivity (Wildman–Crippen MR) is 55.2 cm³/mol. The molecule has 0 aromatic rings. The summed E-state index contributed by atoms with van der Waals surface area (Å²) in [4.78, 5) is 0. The van der Waals surface area contributed by atoms with E-state index in [4.69, 9.17) is 5.41 Å². The molecule has 0 aromatic carbocycles. The normalized spacial score (nSPS) is 12.7. The van der Waals surface area contributed by atoms with E-state index >= 15 is 0 Å². The van der Waals surface area contributed by atoms with Crippen molar-refractivity contribution in [2.45, 2.75) is 33.1 Å². The average Bonchev–Trinajstić information content (AvgIpc) is 2.04. The third-order valence-electron chi connectivity index (χ3n) is 1.48. The van der Waals surface area contributed by atoms with E-state index in [9.17, 15) is 0 Å². The quantitative estimate of drug-likeness (QED) is 0.360. The second-order valence-corrected chi connectivity index (χ2v) is 3.89. The molecule has 0 aromatic heterocycles. The number of unbranched alkanes of at least 4 members (excludes halogenated alkanes) is 2. The summed E-state index contributed by atoms with van der Waals surface area (Å²) in [6.07, 6.45) is 6.73. The minimum absolute atomic E-state index is 0.916. The SMILES string of the molecule is CCCCCP/C=C(/C)C=N. The molecular formula is C9H18NP. The molecule has 0 rings (SSSR count). The molecule has 64 valence electrons. The zero-order valence-corrected chi connectivity index (χ0v) is 8.48. The zero-order chi connectivity index (χ0) is 8.53. The molecule has 0 fully saturated rings. The Kier molecular flexibility index (Phi) is 7.83. The van der Waals surface area contributed by atoms with Gasteiger partial charge in [0.05, 0.1) is 0 Å². The first-order valence-electron chi connectivity index (χ1n) is 4.22. The van der Waals surface area contributed by atoms with E-state index in [-0.39, 0.29) is 0 Å². The van der Waals surface area contributed by atoms with Crippen LogP contribution < -0.4 is 0 Å². The third-order valence-corrected chi connectivity index (χ3v) is 2.78. The molecule has 1 N–H and O–H groups in total. The van der Waals surface area contributed by atoms with Crippen LogP contribution in [0.2, 0.25) is 0 Å². The van der Waals surface area contributed by atoms with E-state index in [1.54, 1.807) is 0 Å². The number of rotatable bonds is 6. The largest absolute Gasteiger partial charge is 0.308 e. The van der Waals surface area contributed by atoms with E-state index in [1.807, 2.05) is 6.92 Å². The van der Waals surface area contributed by atoms with Crippen LogP contribution in [0.15, 0.2) is 11.4 Å². The number of hydrogen-bond donors (Lipinski definition) is 1. The maximum Gasteiger partial charge on any atom is 0.0207 e. The molecule has 0 saturated heterocycles. The van der Waals surface area contributed by atoms with Gasteiger partial charge in [0.15, 0.2) is 0 Å². The van der Waals surface area contributed by atoms with Gasteiger partial charge in [-0.15, -0.1) is 0 Å². The molecule has 1 nitrogen and oxygen atoms in total. The highest BCUT2D eigenvalue weighted by molar-refractivity contribution is 7.41. The van der Waals surface area contributed by atoms with Crippen LogP contribution in [0.5, 0.6) is 0 Å². The molecule has 0 spiro atoms. The smallest absolute Gasteiger partial charge is 0.0207 e. The van der Waals surface area contributed by atoms with Gasteiger partial charge in [-0.3, -0.25) is 0 Å². The summed E-state index contributed by atoms with van der Waals surface area (Å²) in [5.41, 5.74) is 1.10. The average molecular weight is 171 g/mol. The van der Waals surface area contributed by atoms with E-state index in [2.05, 4.69) is 12.7 Å². The van der Waals surface area contributed by atoms with Gasteiger partial charge in [0.25, 0.3) is 0 Å². The Morgan fingerprint density at radius 2 is 2.18 bits per heavy atom. The molecule has 2 heteroatoms. The molecular weight excluding hydrogens is 153 g/mol. The Hall–Kier alpha value is -0.160. The topological polar surface area (TPSA) is 23.9 Å². The van der Waals surface area contributed by atoms with E-state index < -0.39 is 0 Å². The van der Waals surface area contributed by atoms with Crippen molar-refractivity contribution in [2.24, 2.45) is 0 Å². The summed E-state index contributed by atoms with van der Waals surface area (Å²) in [6.45, 7) is 4.21. The summed E-state index contributed by atoms with van der Waals surface area (Å²) >= 11 is 0. The van der Waals surface area contributed by atoms with Gasteiger partial charge in [-0.25, -0.2) is 0 Å². The Labute approximate surface area is 71.6 Å². The summed E-state index contributed by atoms with van der Waals surface area (Å²) in [5, 5.41) is 6.94. The Morgan fingerprint density at radius 3 is 2.73 bits per heavy atom. The summed E-state index contributed by atoms with van der Waals surface area (Å²) in [6, 6.07) is 0. The van der Waals surface area contributed by atoms with Gasteiger partial charge in [-0.1, -0.05) is 34.2 Å². The molecule has 0 saturated carbocycles. The first-order valence-corrected chi connectivity index (χ1v) is 5.50. The maximum atomic E-state index is 6.94. The lowest BCUT2D eigenvalue weighted by Crippen LogP contribution is -1.76. The number of hydrogen-bond acceptors (Lipinski definition) is 1. The molecule has 0 bridgehead atoms. The number of nitrogens with one attached hydrogen (secondary N) is 1. The van der Waals surface area contributed by atoms with E-state index in [0.717, 1.165) is 14.2 Å². The third kappa shape index (κ3) is 7.74. The Bertz CT molecular complexity index is 130. The maximum absolute atomic E-state index is 6.94. The fraction of sp³-hybridized carbons (Fsp3) is 0.667. The molecule has 11 heavy (non-hydrogen) atoms. The van der Waals surface area contributed by atoms with Crippen LogP contribution in [0.4, 0.5) is 0 Å². The van der Waals surface area contributed by atoms with Crippen molar-refractivity contribution in [2.75, 3.05) is 6.16 Å². The molecule has 0 radical (unpaired) electrons. The fourth-order valence-corrected chi connectivity index (χ4v) is 1.76. The highest BCUT2D eigenvalue weighted by Gasteiger charge is 1.85. The lowest BCUT2D eigenvalue weighted by Gasteiger charge is -1.95. The van der Waals surface area contributed by atoms with Gasteiger partial charge in [0, 0.05) is 6.21 Å². The van der Waals surface area contributed by atoms with Crippen LogP contribution in [-0.2, 0) is 0 Å². The summed E-state index contributed by atoms with van der Waals surface area (Å²) < 4.78 is 0. The summed E-state index contributed by atoms with van der Waals surface area (Å²) in [7, 11) is 0.916. The van der Waals surface area contributed by atoms with Crippen molar-refractivity contribution >= 4 is 14.8 Å². The lowest BCUT2D eigenvalue weighted by molar-refractivity contribution is 0.778. The van der Waals surface area contributed by atoms with Gasteiger partial charge in [0.2, 0.25) is 0 Å². The molecule has 0 amide bonds. The van der Waals surface area contributed by atoms with Crippen LogP contribution in [0.25, 0.3) is 0 Å². The molecule has 1 unspecified atom stereocenters. The molecule has 0 aliphatic carbocycles. The van der Waals surface area contributed by atoms with Crippen molar-refractivity contribution in [1.82, 2.24) is 0 Å².